The van der Waals surface area contributed by atoms with Crippen LogP contribution in [0, 0.1) is 0 Å². The van der Waals surface area contributed by atoms with Crippen LogP contribution in [0.1, 0.15) is 49.5 Å². The number of hydrogen-bond acceptors (Lipinski definition) is 3. The first-order chi connectivity index (χ1) is 13.4. The van der Waals surface area contributed by atoms with Gasteiger partial charge < -0.3 is 4.57 Å². The van der Waals surface area contributed by atoms with Gasteiger partial charge >= 0.3 is 0 Å². The summed E-state index contributed by atoms with van der Waals surface area (Å²) in [5.74, 6) is 0.252. The Morgan fingerprint density at radius 1 is 1.21 bits per heavy atom. The number of thiazole rings is 1. The molecule has 0 aliphatic heterocycles. The van der Waals surface area contributed by atoms with Gasteiger partial charge in [0.2, 0.25) is 0 Å². The van der Waals surface area contributed by atoms with E-state index in [-0.39, 0.29) is 5.91 Å². The van der Waals surface area contributed by atoms with Crippen molar-refractivity contribution in [1.82, 2.24) is 4.57 Å². The molecule has 0 atom stereocenters. The van der Waals surface area contributed by atoms with Crippen LogP contribution in [0.25, 0.3) is 10.2 Å². The van der Waals surface area contributed by atoms with Crippen molar-refractivity contribution in [3.8, 4) is 0 Å². The summed E-state index contributed by atoms with van der Waals surface area (Å²) in [7, 11) is 0. The number of rotatable bonds is 6. The molecule has 0 aliphatic rings. The summed E-state index contributed by atoms with van der Waals surface area (Å²) in [6.07, 6.45) is 1.84. The molecule has 0 saturated carbocycles. The molecule has 1 aromatic heterocycles. The van der Waals surface area contributed by atoms with Gasteiger partial charge in [0.25, 0.3) is 5.91 Å². The number of carbonyl (C=O) groups excluding carboxylic acids is 1. The Hall–Kier alpha value is -2.11. The van der Waals surface area contributed by atoms with Gasteiger partial charge in [0, 0.05) is 22.3 Å². The van der Waals surface area contributed by atoms with Crippen molar-refractivity contribution in [3.05, 3.63) is 71.0 Å². The van der Waals surface area contributed by atoms with Crippen molar-refractivity contribution in [2.45, 2.75) is 50.3 Å². The fourth-order valence-electron chi connectivity index (χ4n) is 2.97. The SMILES string of the molecule is C=CCn1c(=NC(=O)c2cccc(SC(C)C)c2)sc2cc(C(C)C)ccc21. The minimum Gasteiger partial charge on any atom is -0.312 e. The number of carbonyl (C=O) groups is 1. The molecule has 0 bridgehead atoms. The maximum absolute atomic E-state index is 12.9. The van der Waals surface area contributed by atoms with Crippen LogP contribution in [0.4, 0.5) is 0 Å². The van der Waals surface area contributed by atoms with E-state index in [1.54, 1.807) is 23.1 Å². The van der Waals surface area contributed by atoms with E-state index in [1.165, 1.54) is 5.56 Å². The van der Waals surface area contributed by atoms with Crippen LogP contribution < -0.4 is 4.80 Å². The van der Waals surface area contributed by atoms with Gasteiger partial charge in [0.05, 0.1) is 10.2 Å². The molecule has 2 aromatic carbocycles. The molecule has 146 valence electrons. The number of aromatic nitrogens is 1. The minimum atomic E-state index is -0.209. The fourth-order valence-corrected chi connectivity index (χ4v) is 4.95. The first-order valence-corrected chi connectivity index (χ1v) is 11.2. The molecule has 0 unspecified atom stereocenters. The quantitative estimate of drug-likeness (QED) is 0.355. The van der Waals surface area contributed by atoms with E-state index < -0.39 is 0 Å². The highest BCUT2D eigenvalue weighted by Gasteiger charge is 2.11. The van der Waals surface area contributed by atoms with E-state index in [0.717, 1.165) is 15.1 Å². The Labute approximate surface area is 174 Å². The number of fused-ring (bicyclic) bond motifs is 1. The maximum atomic E-state index is 12.9. The summed E-state index contributed by atoms with van der Waals surface area (Å²) in [6.45, 7) is 13.1. The smallest absolute Gasteiger partial charge is 0.279 e. The van der Waals surface area contributed by atoms with Gasteiger partial charge in [-0.05, 0) is 41.8 Å². The van der Waals surface area contributed by atoms with Crippen molar-refractivity contribution in [2.75, 3.05) is 0 Å². The molecule has 0 saturated heterocycles. The molecule has 0 spiro atoms. The summed E-state index contributed by atoms with van der Waals surface area (Å²) in [5.41, 5.74) is 3.00. The molecule has 3 aromatic rings. The number of benzene rings is 2. The average Bonchev–Trinajstić information content (AvgIpc) is 2.98. The molecule has 28 heavy (non-hydrogen) atoms. The van der Waals surface area contributed by atoms with Crippen molar-refractivity contribution >= 4 is 39.2 Å². The van der Waals surface area contributed by atoms with Crippen molar-refractivity contribution in [3.63, 3.8) is 0 Å². The fraction of sp³-hybridized carbons (Fsp3) is 0.304. The standard InChI is InChI=1S/C23H26N2OS2/c1-6-12-25-20-11-10-17(15(2)3)14-21(20)28-23(25)24-22(26)18-8-7-9-19(13-18)27-16(4)5/h6-11,13-16H,1,12H2,2-5H3. The lowest BCUT2D eigenvalue weighted by Gasteiger charge is -2.06. The van der Waals surface area contributed by atoms with Gasteiger partial charge in [-0.1, -0.05) is 57.2 Å². The molecular weight excluding hydrogens is 384 g/mol. The highest BCUT2D eigenvalue weighted by atomic mass is 32.2. The molecule has 1 amide bonds. The van der Waals surface area contributed by atoms with E-state index >= 15 is 0 Å². The molecule has 1 heterocycles. The first kappa shape index (κ1) is 20.6. The number of allylic oxidation sites excluding steroid dienone is 1. The summed E-state index contributed by atoms with van der Waals surface area (Å²) < 4.78 is 3.20. The van der Waals surface area contributed by atoms with E-state index in [2.05, 4.69) is 62.0 Å². The lowest BCUT2D eigenvalue weighted by Crippen LogP contribution is -2.16. The summed E-state index contributed by atoms with van der Waals surface area (Å²) in [5, 5.41) is 0.467. The topological polar surface area (TPSA) is 34.4 Å². The number of amides is 1. The van der Waals surface area contributed by atoms with Gasteiger partial charge in [-0.15, -0.1) is 18.3 Å². The van der Waals surface area contributed by atoms with Crippen molar-refractivity contribution in [1.29, 1.82) is 0 Å². The zero-order valence-electron chi connectivity index (χ0n) is 16.8. The van der Waals surface area contributed by atoms with E-state index in [9.17, 15) is 4.79 Å². The predicted molar refractivity (Wildman–Crippen MR) is 121 cm³/mol. The molecule has 0 N–H and O–H groups in total. The molecule has 0 radical (unpaired) electrons. The molecular formula is C23H26N2OS2. The highest BCUT2D eigenvalue weighted by Crippen LogP contribution is 2.25. The molecule has 0 fully saturated rings. The molecule has 3 nitrogen and oxygen atoms in total. The second kappa shape index (κ2) is 8.93. The van der Waals surface area contributed by atoms with Gasteiger partial charge in [-0.3, -0.25) is 4.79 Å². The largest absolute Gasteiger partial charge is 0.312 e. The third-order valence-corrected chi connectivity index (χ3v) is 6.37. The molecule has 3 rings (SSSR count). The Morgan fingerprint density at radius 3 is 2.68 bits per heavy atom. The van der Waals surface area contributed by atoms with Crippen LogP contribution >= 0.6 is 23.1 Å². The normalized spacial score (nSPS) is 12.3. The predicted octanol–water partition coefficient (Wildman–Crippen LogP) is 6.25. The van der Waals surface area contributed by atoms with E-state index in [0.29, 0.717) is 28.1 Å². The van der Waals surface area contributed by atoms with Crippen molar-refractivity contribution in [2.24, 2.45) is 4.99 Å². The van der Waals surface area contributed by atoms with Gasteiger partial charge in [0.1, 0.15) is 0 Å². The number of thioether (sulfide) groups is 1. The lowest BCUT2D eigenvalue weighted by molar-refractivity contribution is 0.0997. The second-order valence-corrected chi connectivity index (χ2v) is 9.94. The highest BCUT2D eigenvalue weighted by molar-refractivity contribution is 7.99. The number of hydrogen-bond donors (Lipinski definition) is 0. The van der Waals surface area contributed by atoms with Crippen LogP contribution in [0.3, 0.4) is 0 Å². The number of nitrogens with zero attached hydrogens (tertiary/aromatic N) is 2. The van der Waals surface area contributed by atoms with Gasteiger partial charge in [-0.25, -0.2) is 0 Å². The van der Waals surface area contributed by atoms with Crippen LogP contribution in [0.5, 0.6) is 0 Å². The summed E-state index contributed by atoms with van der Waals surface area (Å²) in [4.78, 5) is 19.1. The van der Waals surface area contributed by atoms with Gasteiger partial charge in [-0.2, -0.15) is 4.99 Å². The minimum absolute atomic E-state index is 0.209. The van der Waals surface area contributed by atoms with Crippen LogP contribution in [-0.2, 0) is 6.54 Å². The second-order valence-electron chi connectivity index (χ2n) is 7.28. The Bertz CT molecular complexity index is 1070. The zero-order valence-corrected chi connectivity index (χ0v) is 18.4. The maximum Gasteiger partial charge on any atom is 0.279 e. The zero-order chi connectivity index (χ0) is 20.3. The van der Waals surface area contributed by atoms with Crippen LogP contribution in [0.15, 0.2) is 65.0 Å². The lowest BCUT2D eigenvalue weighted by atomic mass is 10.0. The van der Waals surface area contributed by atoms with E-state index in [4.69, 9.17) is 0 Å². The monoisotopic (exact) mass is 410 g/mol. The molecule has 5 heteroatoms. The summed E-state index contributed by atoms with van der Waals surface area (Å²) >= 11 is 3.30. The average molecular weight is 411 g/mol. The Kier molecular flexibility index (Phi) is 6.57. The van der Waals surface area contributed by atoms with Gasteiger partial charge in [0.15, 0.2) is 4.80 Å². The summed E-state index contributed by atoms with van der Waals surface area (Å²) in [6, 6.07) is 14.2. The van der Waals surface area contributed by atoms with Crippen molar-refractivity contribution < 1.29 is 4.79 Å². The Morgan fingerprint density at radius 2 is 2.00 bits per heavy atom. The third-order valence-electron chi connectivity index (χ3n) is 4.34. The van der Waals surface area contributed by atoms with E-state index in [1.807, 2.05) is 30.3 Å². The van der Waals surface area contributed by atoms with Crippen LogP contribution in [-0.4, -0.2) is 15.7 Å². The third kappa shape index (κ3) is 4.65. The molecule has 0 aliphatic carbocycles. The Balaban J connectivity index is 2.06. The first-order valence-electron chi connectivity index (χ1n) is 9.49. The van der Waals surface area contributed by atoms with Crippen LogP contribution in [0.2, 0.25) is 0 Å².